The van der Waals surface area contributed by atoms with Crippen molar-refractivity contribution in [3.63, 3.8) is 0 Å². The number of rotatable bonds is 4. The van der Waals surface area contributed by atoms with Crippen molar-refractivity contribution in [2.75, 3.05) is 26.3 Å². The minimum atomic E-state index is -0.124. The smallest absolute Gasteiger partial charge is 0.229 e. The summed E-state index contributed by atoms with van der Waals surface area (Å²) >= 11 is 0. The standard InChI is InChI=1S/C10H20N2O2/c1-3-5-12(4-2)10(13)8-6-14-7-9(8)11/h8-9H,3-7,11H2,1-2H3. The number of hydrogen-bond donors (Lipinski definition) is 1. The molecule has 4 nitrogen and oxygen atoms in total. The van der Waals surface area contributed by atoms with Crippen LogP contribution >= 0.6 is 0 Å². The van der Waals surface area contributed by atoms with Gasteiger partial charge in [0, 0.05) is 19.1 Å². The summed E-state index contributed by atoms with van der Waals surface area (Å²) in [5, 5.41) is 0. The Balaban J connectivity index is 2.52. The molecule has 1 heterocycles. The highest BCUT2D eigenvalue weighted by atomic mass is 16.5. The van der Waals surface area contributed by atoms with E-state index in [4.69, 9.17) is 10.5 Å². The van der Waals surface area contributed by atoms with Crippen LogP contribution in [0.25, 0.3) is 0 Å². The number of hydrogen-bond acceptors (Lipinski definition) is 3. The third kappa shape index (κ3) is 2.45. The molecule has 0 spiro atoms. The molecule has 0 aromatic heterocycles. The number of carbonyl (C=O) groups is 1. The summed E-state index contributed by atoms with van der Waals surface area (Å²) in [6.45, 7) is 6.64. The van der Waals surface area contributed by atoms with Gasteiger partial charge in [0.1, 0.15) is 0 Å². The normalized spacial score (nSPS) is 26.5. The average Bonchev–Trinajstić information content (AvgIpc) is 2.59. The summed E-state index contributed by atoms with van der Waals surface area (Å²) in [6, 6.07) is -0.117. The molecular formula is C10H20N2O2. The van der Waals surface area contributed by atoms with E-state index in [1.165, 1.54) is 0 Å². The Morgan fingerprint density at radius 1 is 1.50 bits per heavy atom. The topological polar surface area (TPSA) is 55.6 Å². The zero-order valence-electron chi connectivity index (χ0n) is 9.03. The molecule has 82 valence electrons. The van der Waals surface area contributed by atoms with Gasteiger partial charge in [-0.05, 0) is 13.3 Å². The van der Waals surface area contributed by atoms with E-state index in [0.29, 0.717) is 13.2 Å². The van der Waals surface area contributed by atoms with Crippen LogP contribution in [0.4, 0.5) is 0 Å². The predicted molar refractivity (Wildman–Crippen MR) is 54.8 cm³/mol. The molecule has 1 amide bonds. The van der Waals surface area contributed by atoms with Gasteiger partial charge in [-0.25, -0.2) is 0 Å². The van der Waals surface area contributed by atoms with Crippen LogP contribution in [0, 0.1) is 5.92 Å². The Morgan fingerprint density at radius 3 is 2.64 bits per heavy atom. The first-order valence-corrected chi connectivity index (χ1v) is 5.32. The molecule has 2 atom stereocenters. The molecule has 4 heteroatoms. The van der Waals surface area contributed by atoms with E-state index < -0.39 is 0 Å². The Hall–Kier alpha value is -0.610. The fourth-order valence-corrected chi connectivity index (χ4v) is 1.75. The van der Waals surface area contributed by atoms with Gasteiger partial charge in [0.25, 0.3) is 0 Å². The molecule has 2 unspecified atom stereocenters. The quantitative estimate of drug-likeness (QED) is 0.706. The van der Waals surface area contributed by atoms with Crippen molar-refractivity contribution < 1.29 is 9.53 Å². The number of nitrogens with two attached hydrogens (primary N) is 1. The highest BCUT2D eigenvalue weighted by molar-refractivity contribution is 5.80. The van der Waals surface area contributed by atoms with Crippen LogP contribution in [0.5, 0.6) is 0 Å². The van der Waals surface area contributed by atoms with Crippen LogP contribution in [0.1, 0.15) is 20.3 Å². The summed E-state index contributed by atoms with van der Waals surface area (Å²) in [6.07, 6.45) is 0.988. The average molecular weight is 200 g/mol. The maximum Gasteiger partial charge on any atom is 0.229 e. The van der Waals surface area contributed by atoms with E-state index in [2.05, 4.69) is 6.92 Å². The van der Waals surface area contributed by atoms with Crippen molar-refractivity contribution in [3.8, 4) is 0 Å². The molecule has 0 aromatic rings. The van der Waals surface area contributed by atoms with Crippen LogP contribution in [-0.4, -0.2) is 43.2 Å². The van der Waals surface area contributed by atoms with Crippen molar-refractivity contribution in [1.29, 1.82) is 0 Å². The van der Waals surface area contributed by atoms with Crippen molar-refractivity contribution in [2.24, 2.45) is 11.7 Å². The molecule has 0 aromatic carbocycles. The van der Waals surface area contributed by atoms with Gasteiger partial charge in [-0.15, -0.1) is 0 Å². The Bertz CT molecular complexity index is 197. The molecule has 1 rings (SSSR count). The number of ether oxygens (including phenoxy) is 1. The van der Waals surface area contributed by atoms with Crippen LogP contribution in [0.3, 0.4) is 0 Å². The number of amides is 1. The number of nitrogens with zero attached hydrogens (tertiary/aromatic N) is 1. The molecule has 1 aliphatic heterocycles. The van der Waals surface area contributed by atoms with E-state index in [0.717, 1.165) is 19.5 Å². The molecule has 2 N–H and O–H groups in total. The first kappa shape index (κ1) is 11.5. The highest BCUT2D eigenvalue weighted by Gasteiger charge is 2.33. The van der Waals surface area contributed by atoms with E-state index in [1.54, 1.807) is 0 Å². The summed E-state index contributed by atoms with van der Waals surface area (Å²) in [5.74, 6) is 0.0286. The Morgan fingerprint density at radius 2 is 2.21 bits per heavy atom. The fraction of sp³-hybridized carbons (Fsp3) is 0.900. The van der Waals surface area contributed by atoms with Crippen molar-refractivity contribution in [2.45, 2.75) is 26.3 Å². The summed E-state index contributed by atoms with van der Waals surface area (Å²) in [7, 11) is 0. The zero-order chi connectivity index (χ0) is 10.6. The second kappa shape index (κ2) is 5.32. The lowest BCUT2D eigenvalue weighted by Gasteiger charge is -2.24. The van der Waals surface area contributed by atoms with Crippen LogP contribution in [-0.2, 0) is 9.53 Å². The number of carbonyl (C=O) groups excluding carboxylic acids is 1. The maximum absolute atomic E-state index is 11.9. The first-order chi connectivity index (χ1) is 6.70. The van der Waals surface area contributed by atoms with E-state index in [9.17, 15) is 4.79 Å². The lowest BCUT2D eigenvalue weighted by molar-refractivity contribution is -0.135. The first-order valence-electron chi connectivity index (χ1n) is 5.32. The lowest BCUT2D eigenvalue weighted by atomic mass is 10.0. The highest BCUT2D eigenvalue weighted by Crippen LogP contribution is 2.14. The molecular weight excluding hydrogens is 180 g/mol. The van der Waals surface area contributed by atoms with Gasteiger partial charge in [0.15, 0.2) is 0 Å². The summed E-state index contributed by atoms with van der Waals surface area (Å²) in [5.41, 5.74) is 5.80. The largest absolute Gasteiger partial charge is 0.379 e. The van der Waals surface area contributed by atoms with E-state index >= 15 is 0 Å². The second-order valence-electron chi connectivity index (χ2n) is 3.73. The molecule has 0 saturated carbocycles. The Labute approximate surface area is 85.4 Å². The van der Waals surface area contributed by atoms with Crippen LogP contribution in [0.15, 0.2) is 0 Å². The summed E-state index contributed by atoms with van der Waals surface area (Å²) < 4.78 is 5.19. The third-order valence-electron chi connectivity index (χ3n) is 2.63. The van der Waals surface area contributed by atoms with Gasteiger partial charge in [-0.2, -0.15) is 0 Å². The lowest BCUT2D eigenvalue weighted by Crippen LogP contribution is -2.43. The molecule has 1 saturated heterocycles. The van der Waals surface area contributed by atoms with Gasteiger partial charge < -0.3 is 15.4 Å². The van der Waals surface area contributed by atoms with E-state index in [1.807, 2.05) is 11.8 Å². The molecule has 0 aliphatic carbocycles. The predicted octanol–water partition coefficient (Wildman–Crippen LogP) is 0.219. The monoisotopic (exact) mass is 200 g/mol. The Kier molecular flexibility index (Phi) is 4.35. The summed E-state index contributed by atoms with van der Waals surface area (Å²) in [4.78, 5) is 13.8. The second-order valence-corrected chi connectivity index (χ2v) is 3.73. The molecule has 1 fully saturated rings. The van der Waals surface area contributed by atoms with Crippen LogP contribution < -0.4 is 5.73 Å². The minimum Gasteiger partial charge on any atom is -0.379 e. The molecule has 14 heavy (non-hydrogen) atoms. The van der Waals surface area contributed by atoms with Gasteiger partial charge >= 0.3 is 0 Å². The molecule has 0 radical (unpaired) electrons. The van der Waals surface area contributed by atoms with Crippen molar-refractivity contribution >= 4 is 5.91 Å². The minimum absolute atomic E-state index is 0.117. The third-order valence-corrected chi connectivity index (χ3v) is 2.63. The van der Waals surface area contributed by atoms with Crippen molar-refractivity contribution in [3.05, 3.63) is 0 Å². The van der Waals surface area contributed by atoms with Crippen molar-refractivity contribution in [1.82, 2.24) is 4.90 Å². The van der Waals surface area contributed by atoms with Crippen LogP contribution in [0.2, 0.25) is 0 Å². The van der Waals surface area contributed by atoms with Gasteiger partial charge in [-0.3, -0.25) is 4.79 Å². The zero-order valence-corrected chi connectivity index (χ0v) is 9.03. The molecule has 0 bridgehead atoms. The fourth-order valence-electron chi connectivity index (χ4n) is 1.75. The van der Waals surface area contributed by atoms with Gasteiger partial charge in [0.2, 0.25) is 5.91 Å². The molecule has 1 aliphatic rings. The van der Waals surface area contributed by atoms with Gasteiger partial charge in [-0.1, -0.05) is 6.92 Å². The van der Waals surface area contributed by atoms with Gasteiger partial charge in [0.05, 0.1) is 19.1 Å². The van der Waals surface area contributed by atoms with E-state index in [-0.39, 0.29) is 17.9 Å². The maximum atomic E-state index is 11.9. The SMILES string of the molecule is CCCN(CC)C(=O)C1COCC1N.